The van der Waals surface area contributed by atoms with Gasteiger partial charge in [-0.1, -0.05) is 23.7 Å². The largest absolute Gasteiger partial charge is 0.344 e. The molecule has 0 spiro atoms. The molecule has 3 unspecified atom stereocenters. The van der Waals surface area contributed by atoms with E-state index in [1.54, 1.807) is 25.2 Å². The minimum Gasteiger partial charge on any atom is -0.344 e. The summed E-state index contributed by atoms with van der Waals surface area (Å²) in [5.74, 6) is -2.00. The first kappa shape index (κ1) is 17.4. The first-order valence-corrected chi connectivity index (χ1v) is 8.40. The molecule has 2 aliphatic heterocycles. The zero-order valence-electron chi connectivity index (χ0n) is 13.6. The molecule has 0 aromatic heterocycles. The molecule has 8 heteroatoms. The Morgan fingerprint density at radius 2 is 2.08 bits per heavy atom. The van der Waals surface area contributed by atoms with Gasteiger partial charge in [-0.15, -0.1) is 0 Å². The summed E-state index contributed by atoms with van der Waals surface area (Å²) >= 11 is 6.03. The van der Waals surface area contributed by atoms with Gasteiger partial charge in [0.15, 0.2) is 0 Å². The Labute approximate surface area is 149 Å². The van der Waals surface area contributed by atoms with Crippen LogP contribution in [-0.2, 0) is 19.2 Å². The molecule has 2 aliphatic rings. The van der Waals surface area contributed by atoms with Crippen molar-refractivity contribution in [3.63, 3.8) is 0 Å². The van der Waals surface area contributed by atoms with Crippen molar-refractivity contribution in [2.75, 3.05) is 7.05 Å². The van der Waals surface area contributed by atoms with Gasteiger partial charge < -0.3 is 10.2 Å². The molecular weight excluding hydrogens is 346 g/mol. The van der Waals surface area contributed by atoms with Gasteiger partial charge in [-0.2, -0.15) is 0 Å². The van der Waals surface area contributed by atoms with Crippen molar-refractivity contribution in [2.24, 2.45) is 5.92 Å². The predicted octanol–water partition coefficient (Wildman–Crippen LogP) is 0.781. The fourth-order valence-electron chi connectivity index (χ4n) is 3.36. The summed E-state index contributed by atoms with van der Waals surface area (Å²) in [6.07, 6.45) is 0.499. The fourth-order valence-corrected chi connectivity index (χ4v) is 3.56. The first-order chi connectivity index (χ1) is 11.9. The third-order valence-corrected chi connectivity index (χ3v) is 4.90. The standard InChI is InChI=1S/C17H18ClN3O4/c1-21-14(23)8-11(15(21)9-3-2-4-10(18)7-9)16(24)19-12-5-6-13(22)20-17(12)25/h2-4,7,11-12,15H,5-6,8H2,1H3,(H,19,24)(H,20,22,25). The second kappa shape index (κ2) is 6.84. The molecule has 4 amide bonds. The number of likely N-dealkylation sites (tertiary alicyclic amines) is 1. The highest BCUT2D eigenvalue weighted by molar-refractivity contribution is 6.30. The zero-order valence-corrected chi connectivity index (χ0v) is 14.4. The Bertz CT molecular complexity index is 751. The summed E-state index contributed by atoms with van der Waals surface area (Å²) in [4.78, 5) is 49.4. The third-order valence-electron chi connectivity index (χ3n) is 4.67. The maximum Gasteiger partial charge on any atom is 0.249 e. The number of halogens is 1. The highest BCUT2D eigenvalue weighted by Crippen LogP contribution is 2.38. The van der Waals surface area contributed by atoms with Crippen molar-refractivity contribution in [3.8, 4) is 0 Å². The Hall–Kier alpha value is -2.41. The van der Waals surface area contributed by atoms with Gasteiger partial charge in [0.05, 0.1) is 12.0 Å². The maximum atomic E-state index is 12.7. The molecule has 2 heterocycles. The highest BCUT2D eigenvalue weighted by atomic mass is 35.5. The third kappa shape index (κ3) is 3.51. The number of carbonyl (C=O) groups excluding carboxylic acids is 4. The van der Waals surface area contributed by atoms with E-state index in [1.165, 1.54) is 4.90 Å². The van der Waals surface area contributed by atoms with Crippen LogP contribution in [0.3, 0.4) is 0 Å². The van der Waals surface area contributed by atoms with Crippen LogP contribution in [-0.4, -0.2) is 41.6 Å². The van der Waals surface area contributed by atoms with Crippen molar-refractivity contribution in [1.29, 1.82) is 0 Å². The second-order valence-corrected chi connectivity index (χ2v) is 6.76. The van der Waals surface area contributed by atoms with E-state index in [0.717, 1.165) is 5.56 Å². The normalized spacial score (nSPS) is 26.6. The Morgan fingerprint density at radius 1 is 1.32 bits per heavy atom. The molecule has 2 fully saturated rings. The van der Waals surface area contributed by atoms with E-state index in [9.17, 15) is 19.2 Å². The topological polar surface area (TPSA) is 95.6 Å². The van der Waals surface area contributed by atoms with Gasteiger partial charge in [0, 0.05) is 24.9 Å². The fraction of sp³-hybridized carbons (Fsp3) is 0.412. The number of amides is 4. The van der Waals surface area contributed by atoms with Crippen LogP contribution in [0.2, 0.25) is 5.02 Å². The molecule has 0 saturated carbocycles. The molecule has 0 radical (unpaired) electrons. The number of hydrogen-bond donors (Lipinski definition) is 2. The van der Waals surface area contributed by atoms with Crippen LogP contribution in [0, 0.1) is 5.92 Å². The average molecular weight is 364 g/mol. The SMILES string of the molecule is CN1C(=O)CC(C(=O)NC2CCC(=O)NC2=O)C1c1cccc(Cl)c1. The molecule has 0 aliphatic carbocycles. The smallest absolute Gasteiger partial charge is 0.249 e. The number of benzene rings is 1. The van der Waals surface area contributed by atoms with Crippen molar-refractivity contribution in [1.82, 2.24) is 15.5 Å². The molecule has 132 valence electrons. The predicted molar refractivity (Wildman–Crippen MR) is 89.4 cm³/mol. The molecule has 1 aromatic rings. The highest BCUT2D eigenvalue weighted by Gasteiger charge is 2.43. The summed E-state index contributed by atoms with van der Waals surface area (Å²) in [5.41, 5.74) is 0.768. The molecular formula is C17H18ClN3O4. The van der Waals surface area contributed by atoms with Crippen molar-refractivity contribution >= 4 is 35.2 Å². The summed E-state index contributed by atoms with van der Waals surface area (Å²) in [5, 5.41) is 5.40. The molecule has 3 rings (SSSR count). The van der Waals surface area contributed by atoms with Crippen LogP contribution in [0.25, 0.3) is 0 Å². The molecule has 0 bridgehead atoms. The van der Waals surface area contributed by atoms with Crippen LogP contribution in [0.5, 0.6) is 0 Å². The Kier molecular flexibility index (Phi) is 4.76. The lowest BCUT2D eigenvalue weighted by molar-refractivity contribution is -0.138. The number of carbonyl (C=O) groups is 4. The van der Waals surface area contributed by atoms with E-state index in [-0.39, 0.29) is 37.0 Å². The summed E-state index contributed by atoms with van der Waals surface area (Å²) in [6, 6.07) is 5.83. The molecule has 2 saturated heterocycles. The van der Waals surface area contributed by atoms with Crippen LogP contribution >= 0.6 is 11.6 Å². The first-order valence-electron chi connectivity index (χ1n) is 8.02. The minimum absolute atomic E-state index is 0.0623. The molecule has 1 aromatic carbocycles. The van der Waals surface area contributed by atoms with Crippen LogP contribution in [0.15, 0.2) is 24.3 Å². The number of imide groups is 1. The second-order valence-electron chi connectivity index (χ2n) is 6.33. The minimum atomic E-state index is -0.758. The quantitative estimate of drug-likeness (QED) is 0.776. The molecule has 7 nitrogen and oxygen atoms in total. The number of nitrogens with one attached hydrogen (secondary N) is 2. The van der Waals surface area contributed by atoms with Gasteiger partial charge in [0.1, 0.15) is 6.04 Å². The lowest BCUT2D eigenvalue weighted by Crippen LogP contribution is -2.53. The molecule has 2 N–H and O–H groups in total. The van der Waals surface area contributed by atoms with Crippen molar-refractivity contribution in [2.45, 2.75) is 31.3 Å². The van der Waals surface area contributed by atoms with E-state index in [1.807, 2.05) is 6.07 Å². The summed E-state index contributed by atoms with van der Waals surface area (Å²) < 4.78 is 0. The molecule has 3 atom stereocenters. The maximum absolute atomic E-state index is 12.7. The zero-order chi connectivity index (χ0) is 18.1. The van der Waals surface area contributed by atoms with E-state index >= 15 is 0 Å². The van der Waals surface area contributed by atoms with Gasteiger partial charge in [0.2, 0.25) is 23.6 Å². The molecule has 25 heavy (non-hydrogen) atoms. The number of rotatable bonds is 3. The van der Waals surface area contributed by atoms with E-state index in [0.29, 0.717) is 5.02 Å². The number of nitrogens with zero attached hydrogens (tertiary/aromatic N) is 1. The monoisotopic (exact) mass is 363 g/mol. The van der Waals surface area contributed by atoms with Gasteiger partial charge in [0.25, 0.3) is 0 Å². The Morgan fingerprint density at radius 3 is 2.76 bits per heavy atom. The van der Waals surface area contributed by atoms with E-state index < -0.39 is 23.9 Å². The van der Waals surface area contributed by atoms with E-state index in [2.05, 4.69) is 10.6 Å². The van der Waals surface area contributed by atoms with Crippen LogP contribution < -0.4 is 10.6 Å². The van der Waals surface area contributed by atoms with Crippen molar-refractivity contribution in [3.05, 3.63) is 34.9 Å². The number of hydrogen-bond acceptors (Lipinski definition) is 4. The summed E-state index contributed by atoms with van der Waals surface area (Å²) in [7, 11) is 1.65. The van der Waals surface area contributed by atoms with Crippen molar-refractivity contribution < 1.29 is 19.2 Å². The van der Waals surface area contributed by atoms with Gasteiger partial charge >= 0.3 is 0 Å². The van der Waals surface area contributed by atoms with Gasteiger partial charge in [-0.3, -0.25) is 24.5 Å². The van der Waals surface area contributed by atoms with Gasteiger partial charge in [-0.25, -0.2) is 0 Å². The van der Waals surface area contributed by atoms with Crippen LogP contribution in [0.1, 0.15) is 30.9 Å². The average Bonchev–Trinajstić information content (AvgIpc) is 2.85. The number of piperidine rings is 1. The van der Waals surface area contributed by atoms with Crippen LogP contribution in [0.4, 0.5) is 0 Å². The Balaban J connectivity index is 1.79. The lowest BCUT2D eigenvalue weighted by Gasteiger charge is -2.27. The lowest BCUT2D eigenvalue weighted by atomic mass is 9.92. The summed E-state index contributed by atoms with van der Waals surface area (Å²) in [6.45, 7) is 0. The van der Waals surface area contributed by atoms with Gasteiger partial charge in [-0.05, 0) is 24.1 Å². The van der Waals surface area contributed by atoms with E-state index in [4.69, 9.17) is 11.6 Å².